The van der Waals surface area contributed by atoms with Gasteiger partial charge in [-0.2, -0.15) is 0 Å². The first kappa shape index (κ1) is 11.9. The molecule has 1 aliphatic rings. The minimum atomic E-state index is 0.261. The topological polar surface area (TPSA) is 25.2 Å². The van der Waals surface area contributed by atoms with Gasteiger partial charge in [-0.3, -0.25) is 0 Å². The molecule has 1 heterocycles. The third-order valence-corrected chi connectivity index (χ3v) is 3.41. The van der Waals surface area contributed by atoms with Gasteiger partial charge in [-0.05, 0) is 65.9 Å². The molecule has 16 heavy (non-hydrogen) atoms. The predicted octanol–water partition coefficient (Wildman–Crippen LogP) is 4.19. The smallest absolute Gasteiger partial charge is 0.169 e. The van der Waals surface area contributed by atoms with E-state index in [1.807, 2.05) is 12.1 Å². The normalized spacial score (nSPS) is 18.2. The molecular weight excluding hydrogens is 266 g/mol. The van der Waals surface area contributed by atoms with E-state index in [0.29, 0.717) is 0 Å². The number of nitrogens with one attached hydrogen (secondary N) is 1. The number of allylic oxidation sites excluding steroid dienone is 1. The second kappa shape index (κ2) is 5.69. The molecule has 0 radical (unpaired) electrons. The quantitative estimate of drug-likeness (QED) is 0.838. The molecule has 1 N–H and O–H groups in total. The molecule has 1 unspecified atom stereocenters. The maximum absolute atomic E-state index is 5.66. The highest BCUT2D eigenvalue weighted by molar-refractivity contribution is 9.10. The summed E-state index contributed by atoms with van der Waals surface area (Å²) in [6.07, 6.45) is 7.39. The van der Waals surface area contributed by atoms with Crippen LogP contribution in [0.1, 0.15) is 44.4 Å². The Kier molecular flexibility index (Phi) is 4.24. The van der Waals surface area contributed by atoms with Crippen LogP contribution in [0.15, 0.2) is 32.9 Å². The summed E-state index contributed by atoms with van der Waals surface area (Å²) >= 11 is 3.36. The van der Waals surface area contributed by atoms with Crippen LogP contribution in [0.2, 0.25) is 0 Å². The zero-order valence-electron chi connectivity index (χ0n) is 9.63. The first-order valence-electron chi connectivity index (χ1n) is 5.99. The molecular formula is C13H18BrNO. The van der Waals surface area contributed by atoms with Crippen LogP contribution in [0.25, 0.3) is 0 Å². The van der Waals surface area contributed by atoms with Crippen molar-refractivity contribution in [2.24, 2.45) is 0 Å². The fourth-order valence-corrected chi connectivity index (χ4v) is 2.55. The van der Waals surface area contributed by atoms with E-state index in [1.165, 1.54) is 31.3 Å². The molecule has 1 aromatic heterocycles. The minimum absolute atomic E-state index is 0.261. The van der Waals surface area contributed by atoms with E-state index in [4.69, 9.17) is 4.42 Å². The molecule has 2 rings (SSSR count). The van der Waals surface area contributed by atoms with Gasteiger partial charge in [0.15, 0.2) is 4.67 Å². The van der Waals surface area contributed by atoms with Crippen molar-refractivity contribution in [3.05, 3.63) is 34.2 Å². The first-order valence-corrected chi connectivity index (χ1v) is 6.78. The Balaban J connectivity index is 2.19. The van der Waals surface area contributed by atoms with E-state index >= 15 is 0 Å². The number of hydrogen-bond acceptors (Lipinski definition) is 2. The molecule has 0 aromatic carbocycles. The maximum atomic E-state index is 5.66. The third-order valence-electron chi connectivity index (χ3n) is 2.98. The summed E-state index contributed by atoms with van der Waals surface area (Å²) < 4.78 is 6.47. The molecule has 0 saturated heterocycles. The van der Waals surface area contributed by atoms with E-state index in [9.17, 15) is 0 Å². The summed E-state index contributed by atoms with van der Waals surface area (Å²) in [5, 5.41) is 3.50. The van der Waals surface area contributed by atoms with Gasteiger partial charge in [0.25, 0.3) is 0 Å². The van der Waals surface area contributed by atoms with Gasteiger partial charge in [-0.25, -0.2) is 0 Å². The van der Waals surface area contributed by atoms with Crippen LogP contribution >= 0.6 is 15.9 Å². The second-order valence-electron chi connectivity index (χ2n) is 4.16. The van der Waals surface area contributed by atoms with Gasteiger partial charge >= 0.3 is 0 Å². The summed E-state index contributed by atoms with van der Waals surface area (Å²) in [5.41, 5.74) is 1.48. The Morgan fingerprint density at radius 1 is 1.44 bits per heavy atom. The predicted molar refractivity (Wildman–Crippen MR) is 69.4 cm³/mol. The molecule has 1 aromatic rings. The molecule has 0 amide bonds. The first-order chi connectivity index (χ1) is 7.81. The average Bonchev–Trinajstić information content (AvgIpc) is 2.74. The summed E-state index contributed by atoms with van der Waals surface area (Å²) in [7, 11) is 0. The van der Waals surface area contributed by atoms with Crippen LogP contribution in [0.4, 0.5) is 0 Å². The van der Waals surface area contributed by atoms with Crippen molar-refractivity contribution in [1.82, 2.24) is 5.32 Å². The lowest BCUT2D eigenvalue weighted by Gasteiger charge is -2.22. The zero-order valence-corrected chi connectivity index (χ0v) is 11.2. The van der Waals surface area contributed by atoms with Crippen molar-refractivity contribution in [3.63, 3.8) is 0 Å². The van der Waals surface area contributed by atoms with E-state index in [2.05, 4.69) is 34.2 Å². The highest BCUT2D eigenvalue weighted by Gasteiger charge is 2.20. The fourth-order valence-electron chi connectivity index (χ4n) is 2.23. The lowest BCUT2D eigenvalue weighted by Crippen LogP contribution is -2.23. The summed E-state index contributed by atoms with van der Waals surface area (Å²) in [6, 6.07) is 4.27. The Morgan fingerprint density at radius 3 is 2.88 bits per heavy atom. The molecule has 2 nitrogen and oxygen atoms in total. The zero-order chi connectivity index (χ0) is 11.4. The van der Waals surface area contributed by atoms with Crippen LogP contribution in [0.5, 0.6) is 0 Å². The molecule has 0 saturated carbocycles. The second-order valence-corrected chi connectivity index (χ2v) is 4.94. The maximum Gasteiger partial charge on any atom is 0.169 e. The van der Waals surface area contributed by atoms with E-state index in [-0.39, 0.29) is 6.04 Å². The lowest BCUT2D eigenvalue weighted by molar-refractivity contribution is 0.423. The van der Waals surface area contributed by atoms with Gasteiger partial charge in [-0.1, -0.05) is 13.0 Å². The Bertz CT molecular complexity index is 370. The molecule has 88 valence electrons. The van der Waals surface area contributed by atoms with Crippen molar-refractivity contribution in [2.75, 3.05) is 6.54 Å². The summed E-state index contributed by atoms with van der Waals surface area (Å²) in [6.45, 7) is 3.09. The fraction of sp³-hybridized carbons (Fsp3) is 0.538. The van der Waals surface area contributed by atoms with Gasteiger partial charge in [0, 0.05) is 0 Å². The molecule has 0 aliphatic heterocycles. The lowest BCUT2D eigenvalue weighted by atomic mass is 9.92. The van der Waals surface area contributed by atoms with E-state index in [1.54, 1.807) is 0 Å². The van der Waals surface area contributed by atoms with Crippen LogP contribution in [-0.2, 0) is 0 Å². The van der Waals surface area contributed by atoms with E-state index in [0.717, 1.165) is 17.0 Å². The van der Waals surface area contributed by atoms with Gasteiger partial charge in [-0.15, -0.1) is 0 Å². The molecule has 0 spiro atoms. The molecule has 0 fully saturated rings. The van der Waals surface area contributed by atoms with Gasteiger partial charge < -0.3 is 9.73 Å². The highest BCUT2D eigenvalue weighted by atomic mass is 79.9. The number of halogens is 1. The van der Waals surface area contributed by atoms with Crippen molar-refractivity contribution >= 4 is 15.9 Å². The van der Waals surface area contributed by atoms with Gasteiger partial charge in [0.2, 0.25) is 0 Å². The molecule has 1 atom stereocenters. The number of rotatable bonds is 4. The van der Waals surface area contributed by atoms with Gasteiger partial charge in [0.1, 0.15) is 5.76 Å². The van der Waals surface area contributed by atoms with Crippen LogP contribution in [0.3, 0.4) is 0 Å². The van der Waals surface area contributed by atoms with Gasteiger partial charge in [0.05, 0.1) is 6.04 Å². The largest absolute Gasteiger partial charge is 0.452 e. The number of likely N-dealkylation sites (N-methyl/N-ethyl adjacent to an activating group) is 1. The summed E-state index contributed by atoms with van der Waals surface area (Å²) in [5.74, 6) is 1.02. The Morgan fingerprint density at radius 2 is 2.31 bits per heavy atom. The van der Waals surface area contributed by atoms with Crippen LogP contribution < -0.4 is 5.32 Å². The van der Waals surface area contributed by atoms with Crippen molar-refractivity contribution in [1.29, 1.82) is 0 Å². The molecule has 0 bridgehead atoms. The van der Waals surface area contributed by atoms with Crippen molar-refractivity contribution < 1.29 is 4.42 Å². The average molecular weight is 284 g/mol. The Labute approximate surface area is 105 Å². The van der Waals surface area contributed by atoms with Crippen LogP contribution in [-0.4, -0.2) is 6.54 Å². The minimum Gasteiger partial charge on any atom is -0.452 e. The highest BCUT2D eigenvalue weighted by Crippen LogP contribution is 2.31. The van der Waals surface area contributed by atoms with E-state index < -0.39 is 0 Å². The van der Waals surface area contributed by atoms with Crippen molar-refractivity contribution in [3.8, 4) is 0 Å². The molecule has 1 aliphatic carbocycles. The third kappa shape index (κ3) is 2.77. The standard InChI is InChI=1S/C13H18BrNO/c1-2-15-13(10-6-4-3-5-7-10)11-8-9-12(14)16-11/h6,8-9,13,15H,2-5,7H2,1H3. The number of furan rings is 1. The summed E-state index contributed by atoms with van der Waals surface area (Å²) in [4.78, 5) is 0. The monoisotopic (exact) mass is 283 g/mol. The van der Waals surface area contributed by atoms with Crippen LogP contribution in [0, 0.1) is 0 Å². The SMILES string of the molecule is CCNC(C1=CCCCC1)c1ccc(Br)o1. The molecule has 3 heteroatoms. The number of hydrogen-bond donors (Lipinski definition) is 1. The Hall–Kier alpha value is -0.540. The van der Waals surface area contributed by atoms with Crippen molar-refractivity contribution in [2.45, 2.75) is 38.6 Å².